The average Bonchev–Trinajstić information content (AvgIpc) is 0.786. The fourth-order valence-corrected chi connectivity index (χ4v) is 13.4. The Balaban J connectivity index is 0.000000135. The molecule has 4 N–H and O–H groups in total. The van der Waals surface area contributed by atoms with Gasteiger partial charge in [-0.2, -0.15) is 0 Å². The number of phenols is 4. The van der Waals surface area contributed by atoms with E-state index in [1.807, 2.05) is 192 Å². The Morgan fingerprint density at radius 3 is 0.709 bits per heavy atom. The van der Waals surface area contributed by atoms with Gasteiger partial charge in [0.15, 0.2) is 46.0 Å². The lowest BCUT2D eigenvalue weighted by atomic mass is 10.1. The zero-order chi connectivity index (χ0) is 82.4. The summed E-state index contributed by atoms with van der Waals surface area (Å²) >= 11 is 0. The van der Waals surface area contributed by atoms with Crippen LogP contribution in [0.3, 0.4) is 0 Å². The summed E-state index contributed by atoms with van der Waals surface area (Å²) in [5.41, 5.74) is 12.4. The Kier molecular flexibility index (Phi) is 24.5. The Hall–Kier alpha value is -15.4. The van der Waals surface area contributed by atoms with E-state index in [0.29, 0.717) is 112 Å². The number of hydrogen-bond donors (Lipinski definition) is 4. The number of methoxy groups -OCH3 is 4. The minimum absolute atomic E-state index is 0.0384. The zero-order valence-electron chi connectivity index (χ0n) is 65.6. The van der Waals surface area contributed by atoms with Gasteiger partial charge >= 0.3 is 0 Å². The maximum absolute atomic E-state index is 13.4. The number of hydrogen-bond acceptors (Lipinski definition) is 16. The molecule has 0 amide bonds. The second kappa shape index (κ2) is 35.9. The van der Waals surface area contributed by atoms with Gasteiger partial charge in [-0.25, -0.2) is 19.9 Å². The van der Waals surface area contributed by atoms with Crippen molar-refractivity contribution in [2.45, 2.75) is 34.6 Å². The molecule has 12 aromatic carbocycles. The molecule has 0 unspecified atom stereocenters. The number of para-hydroxylation sites is 8. The van der Waals surface area contributed by atoms with E-state index in [4.69, 9.17) is 38.9 Å². The molecule has 16 aromatic rings. The van der Waals surface area contributed by atoms with Gasteiger partial charge in [-0.3, -0.25) is 37.4 Å². The number of aromatic nitrogens is 8. The van der Waals surface area contributed by atoms with Crippen molar-refractivity contribution in [2.24, 2.45) is 0 Å². The van der Waals surface area contributed by atoms with Gasteiger partial charge < -0.3 is 39.4 Å². The van der Waals surface area contributed by atoms with Gasteiger partial charge in [0.2, 0.25) is 0 Å². The number of phenolic OH excluding ortho intramolecular Hbond substituents is 4. The molecule has 0 aliphatic rings. The molecule has 0 aliphatic heterocycles. The van der Waals surface area contributed by atoms with Gasteiger partial charge in [0.1, 0.15) is 23.3 Å². The van der Waals surface area contributed by atoms with E-state index in [2.05, 4.69) is 6.07 Å². The highest BCUT2D eigenvalue weighted by molar-refractivity contribution is 5.85. The van der Waals surface area contributed by atoms with Crippen molar-refractivity contribution >= 4 is 92.2 Å². The number of fused-ring (bicyclic) bond motifs is 4. The van der Waals surface area contributed by atoms with Crippen LogP contribution in [0.4, 0.5) is 0 Å². The number of aromatic hydroxyl groups is 4. The number of aryl methyl sites for hydroxylation is 5. The number of rotatable bonds is 16. The SMILES string of the molecule is COc1cccc(/C=C/c2nc3ccccc3c(=O)n2-c2cc(C)cc(C)c2)c1O.COc1cccc(/C=C/c2nc3ccccc3c(=O)n2-c2cccc(C)c2)c1O.COc1cccc(/C=C/c2nc3ccccc3c(=O)n2-c2cccc(C)c2)c1O.COc1cccc(/C=C/c2nc3ccccc3c(=O)n2-c2cccc(C)c2)c1O. The molecule has 0 atom stereocenters. The molecular formula is C97H82N8O12. The third kappa shape index (κ3) is 17.8. The largest absolute Gasteiger partial charge is 0.504 e. The molecule has 0 spiro atoms. The second-order valence-corrected chi connectivity index (χ2v) is 27.3. The van der Waals surface area contributed by atoms with E-state index in [9.17, 15) is 39.6 Å². The molecule has 20 heteroatoms. The van der Waals surface area contributed by atoms with Crippen LogP contribution in [-0.4, -0.2) is 87.1 Å². The van der Waals surface area contributed by atoms with Gasteiger partial charge in [-0.1, -0.05) is 140 Å². The first-order valence-electron chi connectivity index (χ1n) is 37.3. The highest BCUT2D eigenvalue weighted by Gasteiger charge is 2.19. The number of ether oxygens (including phenoxy) is 4. The fourth-order valence-electron chi connectivity index (χ4n) is 13.4. The summed E-state index contributed by atoms with van der Waals surface area (Å²) in [6.45, 7) is 9.94. The summed E-state index contributed by atoms with van der Waals surface area (Å²) in [6, 6.07) is 79.2. The van der Waals surface area contributed by atoms with Crippen molar-refractivity contribution in [1.82, 2.24) is 38.2 Å². The molecular weight excluding hydrogens is 1470 g/mol. The standard InChI is InChI=1S/C25H22N2O3.3C24H20N2O3/c1-16-13-17(2)15-19(14-16)27-23(26-21-9-5-4-8-20(21)25(27)29)12-11-18-7-6-10-22(30-3)24(18)28;3*1-16-7-5-9-18(15-16)26-22(25-20-11-4-3-10-19(20)24(26)28)14-13-17-8-6-12-21(29-2)23(17)27/h4-15,28H,1-3H3;3*3-15,27H,1-2H3/b12-11+;3*14-13+. The summed E-state index contributed by atoms with van der Waals surface area (Å²) in [5.74, 6) is 3.59. The maximum atomic E-state index is 13.4. The van der Waals surface area contributed by atoms with Gasteiger partial charge in [0, 0.05) is 22.3 Å². The zero-order valence-corrected chi connectivity index (χ0v) is 65.6. The van der Waals surface area contributed by atoms with Crippen LogP contribution in [-0.2, 0) is 0 Å². The lowest BCUT2D eigenvalue weighted by Crippen LogP contribution is -2.22. The summed E-state index contributed by atoms with van der Waals surface area (Å²) in [5, 5.41) is 43.6. The van der Waals surface area contributed by atoms with Crippen molar-refractivity contribution in [3.63, 3.8) is 0 Å². The van der Waals surface area contributed by atoms with Crippen LogP contribution in [0.2, 0.25) is 0 Å². The van der Waals surface area contributed by atoms with Crippen LogP contribution >= 0.6 is 0 Å². The van der Waals surface area contributed by atoms with E-state index < -0.39 is 0 Å². The Morgan fingerprint density at radius 1 is 0.248 bits per heavy atom. The molecule has 582 valence electrons. The van der Waals surface area contributed by atoms with Crippen molar-refractivity contribution in [3.8, 4) is 68.7 Å². The first-order valence-corrected chi connectivity index (χ1v) is 37.3. The molecule has 4 heterocycles. The monoisotopic (exact) mass is 1550 g/mol. The number of benzene rings is 12. The van der Waals surface area contributed by atoms with E-state index in [1.165, 1.54) is 28.4 Å². The lowest BCUT2D eigenvalue weighted by molar-refractivity contribution is 0.373. The summed E-state index contributed by atoms with van der Waals surface area (Å²) in [6.07, 6.45) is 13.8. The average molecular weight is 1550 g/mol. The molecule has 117 heavy (non-hydrogen) atoms. The smallest absolute Gasteiger partial charge is 0.266 e. The van der Waals surface area contributed by atoms with Crippen molar-refractivity contribution in [3.05, 3.63) is 376 Å². The molecule has 0 radical (unpaired) electrons. The third-order valence-corrected chi connectivity index (χ3v) is 19.1. The normalized spacial score (nSPS) is 11.3. The van der Waals surface area contributed by atoms with Crippen LogP contribution < -0.4 is 41.2 Å². The minimum Gasteiger partial charge on any atom is -0.504 e. The lowest BCUT2D eigenvalue weighted by Gasteiger charge is -2.13. The van der Waals surface area contributed by atoms with Crippen LogP contribution in [0, 0.1) is 34.6 Å². The predicted molar refractivity (Wildman–Crippen MR) is 467 cm³/mol. The quantitative estimate of drug-likeness (QED) is 0.0701. The summed E-state index contributed by atoms with van der Waals surface area (Å²) < 4.78 is 27.0. The van der Waals surface area contributed by atoms with Gasteiger partial charge in [-0.15, -0.1) is 0 Å². The topological polar surface area (TPSA) is 257 Å². The molecule has 4 aromatic heterocycles. The van der Waals surface area contributed by atoms with E-state index in [1.54, 1.807) is 164 Å². The molecule has 0 bridgehead atoms. The van der Waals surface area contributed by atoms with Gasteiger partial charge in [0.25, 0.3) is 22.2 Å². The minimum atomic E-state index is -0.143. The summed E-state index contributed by atoms with van der Waals surface area (Å²) in [7, 11) is 6.01. The Labute approximate surface area is 673 Å². The summed E-state index contributed by atoms with van der Waals surface area (Å²) in [4.78, 5) is 71.9. The Bertz CT molecular complexity index is 6330. The van der Waals surface area contributed by atoms with Crippen LogP contribution in [0.15, 0.2) is 280 Å². The molecule has 16 rings (SSSR count). The van der Waals surface area contributed by atoms with Crippen LogP contribution in [0.25, 0.3) is 115 Å². The highest BCUT2D eigenvalue weighted by Crippen LogP contribution is 2.35. The van der Waals surface area contributed by atoms with Gasteiger partial charge in [-0.05, 0) is 232 Å². The second-order valence-electron chi connectivity index (χ2n) is 27.3. The first kappa shape index (κ1) is 79.6. The molecule has 20 nitrogen and oxygen atoms in total. The Morgan fingerprint density at radius 2 is 0.470 bits per heavy atom. The van der Waals surface area contributed by atoms with Crippen LogP contribution in [0.1, 0.15) is 73.4 Å². The van der Waals surface area contributed by atoms with E-state index >= 15 is 0 Å². The highest BCUT2D eigenvalue weighted by atomic mass is 16.5. The predicted octanol–water partition coefficient (Wildman–Crippen LogP) is 18.6. The van der Waals surface area contributed by atoms with Crippen LogP contribution in [0.5, 0.6) is 46.0 Å². The van der Waals surface area contributed by atoms with E-state index in [-0.39, 0.29) is 45.2 Å². The van der Waals surface area contributed by atoms with Gasteiger partial charge in [0.05, 0.1) is 94.8 Å². The van der Waals surface area contributed by atoms with Crippen molar-refractivity contribution in [1.29, 1.82) is 0 Å². The molecule has 0 saturated carbocycles. The van der Waals surface area contributed by atoms with E-state index in [0.717, 1.165) is 50.6 Å². The number of nitrogens with zero attached hydrogens (tertiary/aromatic N) is 8. The van der Waals surface area contributed by atoms with Crippen molar-refractivity contribution < 1.29 is 39.4 Å². The maximum Gasteiger partial charge on any atom is 0.266 e. The molecule has 0 saturated heterocycles. The molecule has 0 fully saturated rings. The first-order chi connectivity index (χ1) is 56.7. The van der Waals surface area contributed by atoms with Crippen molar-refractivity contribution in [2.75, 3.05) is 28.4 Å². The fraction of sp³-hybridized carbons (Fsp3) is 0.0928. The third-order valence-electron chi connectivity index (χ3n) is 19.1. The molecule has 0 aliphatic carbocycles.